The van der Waals surface area contributed by atoms with Crippen molar-refractivity contribution in [3.8, 4) is 11.1 Å². The van der Waals surface area contributed by atoms with Gasteiger partial charge >= 0.3 is 0 Å². The molecule has 0 saturated carbocycles. The van der Waals surface area contributed by atoms with Crippen LogP contribution in [0.2, 0.25) is 0 Å². The molecule has 1 heteroatoms. The van der Waals surface area contributed by atoms with Gasteiger partial charge in [0.25, 0.3) is 0 Å². The second-order valence-electron chi connectivity index (χ2n) is 5.91. The summed E-state index contributed by atoms with van der Waals surface area (Å²) >= 11 is 0. The van der Waals surface area contributed by atoms with E-state index in [4.69, 9.17) is 0 Å². The Bertz CT molecular complexity index is 790. The molecule has 0 aromatic heterocycles. The minimum Gasteiger partial charge on any atom is -0.309 e. The summed E-state index contributed by atoms with van der Waals surface area (Å²) in [5.74, 6) is 0. The number of hydrogen-bond donors (Lipinski definition) is 1. The van der Waals surface area contributed by atoms with Gasteiger partial charge in [-0.2, -0.15) is 0 Å². The highest BCUT2D eigenvalue weighted by Gasteiger charge is 2.17. The van der Waals surface area contributed by atoms with E-state index in [9.17, 15) is 0 Å². The van der Waals surface area contributed by atoms with Gasteiger partial charge in [0.05, 0.1) is 0 Å². The van der Waals surface area contributed by atoms with Crippen molar-refractivity contribution in [3.63, 3.8) is 0 Å². The van der Waals surface area contributed by atoms with Gasteiger partial charge in [-0.15, -0.1) is 0 Å². The highest BCUT2D eigenvalue weighted by atomic mass is 14.8. The third-order valence-corrected chi connectivity index (χ3v) is 4.36. The zero-order chi connectivity index (χ0) is 14.8. The predicted molar refractivity (Wildman–Crippen MR) is 91.7 cm³/mol. The molecule has 0 spiro atoms. The summed E-state index contributed by atoms with van der Waals surface area (Å²) in [5.41, 5.74) is 8.41. The second-order valence-corrected chi connectivity index (χ2v) is 5.91. The highest BCUT2D eigenvalue weighted by Crippen LogP contribution is 2.36. The maximum atomic E-state index is 3.53. The van der Waals surface area contributed by atoms with Gasteiger partial charge in [0, 0.05) is 13.1 Å². The molecule has 1 aliphatic rings. The van der Waals surface area contributed by atoms with E-state index in [1.165, 1.54) is 33.4 Å². The molecule has 3 aromatic rings. The number of hydrogen-bond acceptors (Lipinski definition) is 1. The number of fused-ring (bicyclic) bond motifs is 3. The summed E-state index contributed by atoms with van der Waals surface area (Å²) in [6, 6.07) is 26.2. The lowest BCUT2D eigenvalue weighted by molar-refractivity contribution is 0.693. The highest BCUT2D eigenvalue weighted by molar-refractivity contribution is 5.76. The molecular formula is C21H19N. The van der Waals surface area contributed by atoms with Crippen LogP contribution >= 0.6 is 0 Å². The van der Waals surface area contributed by atoms with Crippen molar-refractivity contribution in [1.29, 1.82) is 0 Å². The van der Waals surface area contributed by atoms with E-state index in [1.807, 2.05) is 0 Å². The molecule has 0 bridgehead atoms. The standard InChI is InChI=1S/C21H19N/c1-2-6-16(7-3-1)14-22-15-17-10-11-21-19(12-17)13-18-8-4-5-9-20(18)21/h1-12,22H,13-15H2. The van der Waals surface area contributed by atoms with Crippen LogP contribution in [0.1, 0.15) is 22.3 Å². The molecule has 0 atom stereocenters. The van der Waals surface area contributed by atoms with Crippen LogP contribution in [0.15, 0.2) is 72.8 Å². The first-order valence-electron chi connectivity index (χ1n) is 7.85. The van der Waals surface area contributed by atoms with E-state index in [0.29, 0.717) is 0 Å². The maximum absolute atomic E-state index is 3.53. The summed E-state index contributed by atoms with van der Waals surface area (Å²) in [6.07, 6.45) is 1.07. The van der Waals surface area contributed by atoms with Gasteiger partial charge in [-0.05, 0) is 39.8 Å². The van der Waals surface area contributed by atoms with Gasteiger partial charge < -0.3 is 5.32 Å². The molecule has 0 unspecified atom stereocenters. The van der Waals surface area contributed by atoms with Gasteiger partial charge in [-0.25, -0.2) is 0 Å². The van der Waals surface area contributed by atoms with Gasteiger partial charge in [0.15, 0.2) is 0 Å². The molecule has 0 radical (unpaired) electrons. The van der Waals surface area contributed by atoms with E-state index in [1.54, 1.807) is 0 Å². The van der Waals surface area contributed by atoms with E-state index < -0.39 is 0 Å². The number of nitrogens with one attached hydrogen (secondary N) is 1. The van der Waals surface area contributed by atoms with Crippen molar-refractivity contribution in [2.75, 3.05) is 0 Å². The smallest absolute Gasteiger partial charge is 0.0208 e. The van der Waals surface area contributed by atoms with Crippen LogP contribution in [0.25, 0.3) is 11.1 Å². The molecular weight excluding hydrogens is 266 g/mol. The summed E-state index contributed by atoms with van der Waals surface area (Å²) < 4.78 is 0. The van der Waals surface area contributed by atoms with Crippen molar-refractivity contribution in [2.45, 2.75) is 19.5 Å². The van der Waals surface area contributed by atoms with Crippen LogP contribution in [-0.2, 0) is 19.5 Å². The van der Waals surface area contributed by atoms with Gasteiger partial charge in [-0.1, -0.05) is 72.8 Å². The van der Waals surface area contributed by atoms with Crippen LogP contribution in [-0.4, -0.2) is 0 Å². The predicted octanol–water partition coefficient (Wildman–Crippen LogP) is 4.55. The van der Waals surface area contributed by atoms with Gasteiger partial charge in [0.2, 0.25) is 0 Å². The van der Waals surface area contributed by atoms with Gasteiger partial charge in [0.1, 0.15) is 0 Å². The molecule has 22 heavy (non-hydrogen) atoms. The SMILES string of the molecule is c1ccc(CNCc2ccc3c(c2)Cc2ccccc2-3)cc1. The largest absolute Gasteiger partial charge is 0.309 e. The normalized spacial score (nSPS) is 12.0. The third-order valence-electron chi connectivity index (χ3n) is 4.36. The summed E-state index contributed by atoms with van der Waals surface area (Å²) in [7, 11) is 0. The van der Waals surface area contributed by atoms with Crippen LogP contribution < -0.4 is 5.32 Å². The molecule has 1 N–H and O–H groups in total. The van der Waals surface area contributed by atoms with E-state index >= 15 is 0 Å². The number of benzene rings is 3. The Morgan fingerprint density at radius 2 is 1.36 bits per heavy atom. The topological polar surface area (TPSA) is 12.0 Å². The monoisotopic (exact) mass is 285 g/mol. The Kier molecular flexibility index (Phi) is 3.49. The fraction of sp³-hybridized carbons (Fsp3) is 0.143. The lowest BCUT2D eigenvalue weighted by Gasteiger charge is -2.07. The lowest BCUT2D eigenvalue weighted by atomic mass is 10.0. The third kappa shape index (κ3) is 2.56. The van der Waals surface area contributed by atoms with E-state index in [2.05, 4.69) is 78.1 Å². The first kappa shape index (κ1) is 13.3. The van der Waals surface area contributed by atoms with Crippen LogP contribution in [0, 0.1) is 0 Å². The minimum absolute atomic E-state index is 0.915. The molecule has 0 amide bonds. The average molecular weight is 285 g/mol. The molecule has 3 aromatic carbocycles. The first-order chi connectivity index (χ1) is 10.9. The summed E-state index contributed by atoms with van der Waals surface area (Å²) in [5, 5.41) is 3.53. The van der Waals surface area contributed by atoms with E-state index in [0.717, 1.165) is 19.5 Å². The second kappa shape index (κ2) is 5.78. The fourth-order valence-electron chi connectivity index (χ4n) is 3.26. The van der Waals surface area contributed by atoms with Crippen molar-refractivity contribution in [3.05, 3.63) is 95.1 Å². The zero-order valence-corrected chi connectivity index (χ0v) is 12.5. The Morgan fingerprint density at radius 1 is 0.636 bits per heavy atom. The summed E-state index contributed by atoms with van der Waals surface area (Å²) in [4.78, 5) is 0. The fourth-order valence-corrected chi connectivity index (χ4v) is 3.26. The first-order valence-corrected chi connectivity index (χ1v) is 7.85. The van der Waals surface area contributed by atoms with Crippen LogP contribution in [0.5, 0.6) is 0 Å². The summed E-state index contributed by atoms with van der Waals surface area (Å²) in [6.45, 7) is 1.83. The van der Waals surface area contributed by atoms with Crippen LogP contribution in [0.3, 0.4) is 0 Å². The molecule has 0 fully saturated rings. The Balaban J connectivity index is 1.46. The Morgan fingerprint density at radius 3 is 2.27 bits per heavy atom. The number of rotatable bonds is 4. The van der Waals surface area contributed by atoms with Gasteiger partial charge in [-0.3, -0.25) is 0 Å². The van der Waals surface area contributed by atoms with Crippen molar-refractivity contribution < 1.29 is 0 Å². The van der Waals surface area contributed by atoms with Crippen molar-refractivity contribution >= 4 is 0 Å². The molecule has 108 valence electrons. The molecule has 1 nitrogen and oxygen atoms in total. The molecule has 0 saturated heterocycles. The Hall–Kier alpha value is -2.38. The quantitative estimate of drug-likeness (QED) is 0.580. The van der Waals surface area contributed by atoms with Crippen LogP contribution in [0.4, 0.5) is 0 Å². The zero-order valence-electron chi connectivity index (χ0n) is 12.5. The molecule has 0 aliphatic heterocycles. The van der Waals surface area contributed by atoms with Crippen molar-refractivity contribution in [1.82, 2.24) is 5.32 Å². The molecule has 1 aliphatic carbocycles. The average Bonchev–Trinajstić information content (AvgIpc) is 2.93. The minimum atomic E-state index is 0.915. The molecule has 0 heterocycles. The van der Waals surface area contributed by atoms with E-state index in [-0.39, 0.29) is 0 Å². The van der Waals surface area contributed by atoms with Crippen molar-refractivity contribution in [2.24, 2.45) is 0 Å². The molecule has 4 rings (SSSR count). The Labute approximate surface area is 131 Å². The lowest BCUT2D eigenvalue weighted by Crippen LogP contribution is -2.12. The maximum Gasteiger partial charge on any atom is 0.0208 e.